The highest BCUT2D eigenvalue weighted by Crippen LogP contribution is 2.25. The Labute approximate surface area is 102 Å². The lowest BCUT2D eigenvalue weighted by atomic mass is 10.1. The summed E-state index contributed by atoms with van der Waals surface area (Å²) in [4.78, 5) is 4.43. The van der Waals surface area contributed by atoms with Crippen LogP contribution in [-0.4, -0.2) is 25.6 Å². The minimum Gasteiger partial charge on any atom is -0.356 e. The van der Waals surface area contributed by atoms with Crippen LogP contribution in [0.3, 0.4) is 0 Å². The summed E-state index contributed by atoms with van der Waals surface area (Å²) in [6.45, 7) is 3.04. The molecule has 2 aliphatic rings. The van der Waals surface area contributed by atoms with Crippen molar-refractivity contribution >= 4 is 5.96 Å². The molecule has 0 radical (unpaired) electrons. The molecule has 0 unspecified atom stereocenters. The normalized spacial score (nSPS) is 19.4. The van der Waals surface area contributed by atoms with Crippen LogP contribution in [0.5, 0.6) is 0 Å². The molecule has 3 nitrogen and oxygen atoms in total. The number of fused-ring (bicyclic) bond motifs is 1. The first-order valence-corrected chi connectivity index (χ1v) is 6.51. The molecule has 90 valence electrons. The Kier molecular flexibility index (Phi) is 2.99. The highest BCUT2D eigenvalue weighted by Gasteiger charge is 2.20. The summed E-state index contributed by atoms with van der Waals surface area (Å²) in [5, 5.41) is 6.74. The van der Waals surface area contributed by atoms with Crippen molar-refractivity contribution in [2.75, 3.05) is 19.6 Å². The minimum absolute atomic E-state index is 0.721. The van der Waals surface area contributed by atoms with Crippen molar-refractivity contribution in [3.63, 3.8) is 0 Å². The monoisotopic (exact) mass is 229 g/mol. The van der Waals surface area contributed by atoms with E-state index in [1.54, 1.807) is 0 Å². The second-order valence-corrected chi connectivity index (χ2v) is 4.93. The van der Waals surface area contributed by atoms with Crippen molar-refractivity contribution in [3.05, 3.63) is 35.4 Å². The van der Waals surface area contributed by atoms with Gasteiger partial charge in [0.25, 0.3) is 0 Å². The van der Waals surface area contributed by atoms with Gasteiger partial charge in [-0.3, -0.25) is 4.99 Å². The van der Waals surface area contributed by atoms with Crippen molar-refractivity contribution in [1.29, 1.82) is 0 Å². The molecule has 1 heterocycles. The number of hydrogen-bond donors (Lipinski definition) is 2. The van der Waals surface area contributed by atoms with Crippen molar-refractivity contribution < 1.29 is 0 Å². The maximum absolute atomic E-state index is 4.43. The maximum atomic E-state index is 4.43. The number of hydrogen-bond acceptors (Lipinski definition) is 3. The standard InChI is InChI=1S/C14H19N3/c1-2-5-13-9-11(8-12(13)4-1)10-17-14-15-6-3-7-16-14/h1-2,4-5,11H,3,6-10H2,(H2,15,16,17). The molecule has 0 fully saturated rings. The summed E-state index contributed by atoms with van der Waals surface area (Å²) in [6, 6.07) is 8.79. The number of guanidine groups is 1. The first-order valence-electron chi connectivity index (χ1n) is 6.51. The fraction of sp³-hybridized carbons (Fsp3) is 0.500. The quantitative estimate of drug-likeness (QED) is 0.803. The highest BCUT2D eigenvalue weighted by molar-refractivity contribution is 5.80. The van der Waals surface area contributed by atoms with E-state index in [0.717, 1.165) is 37.9 Å². The van der Waals surface area contributed by atoms with Gasteiger partial charge in [-0.25, -0.2) is 0 Å². The van der Waals surface area contributed by atoms with Gasteiger partial charge < -0.3 is 10.6 Å². The predicted molar refractivity (Wildman–Crippen MR) is 70.3 cm³/mol. The topological polar surface area (TPSA) is 36.4 Å². The fourth-order valence-electron chi connectivity index (χ4n) is 2.69. The van der Waals surface area contributed by atoms with Crippen molar-refractivity contribution in [2.45, 2.75) is 19.3 Å². The molecule has 3 heteroatoms. The molecule has 1 aromatic carbocycles. The van der Waals surface area contributed by atoms with E-state index in [4.69, 9.17) is 0 Å². The van der Waals surface area contributed by atoms with Gasteiger partial charge in [-0.15, -0.1) is 0 Å². The average Bonchev–Trinajstić information content (AvgIpc) is 2.80. The third-order valence-corrected chi connectivity index (χ3v) is 3.59. The lowest BCUT2D eigenvalue weighted by Gasteiger charge is -2.18. The minimum atomic E-state index is 0.721. The Balaban J connectivity index is 1.54. The van der Waals surface area contributed by atoms with Crippen molar-refractivity contribution in [1.82, 2.24) is 10.6 Å². The molecule has 0 spiro atoms. The van der Waals surface area contributed by atoms with Crippen LogP contribution < -0.4 is 10.6 Å². The maximum Gasteiger partial charge on any atom is 0.191 e. The second-order valence-electron chi connectivity index (χ2n) is 4.93. The molecule has 0 bridgehead atoms. The van der Waals surface area contributed by atoms with Crippen LogP contribution in [0, 0.1) is 5.92 Å². The molecule has 0 saturated heterocycles. The summed E-state index contributed by atoms with van der Waals surface area (Å²) >= 11 is 0. The highest BCUT2D eigenvalue weighted by atomic mass is 15.2. The Morgan fingerprint density at radius 3 is 2.65 bits per heavy atom. The van der Waals surface area contributed by atoms with E-state index in [1.165, 1.54) is 24.0 Å². The van der Waals surface area contributed by atoms with E-state index < -0.39 is 0 Å². The zero-order valence-corrected chi connectivity index (χ0v) is 10.1. The third kappa shape index (κ3) is 2.43. The molecule has 0 aromatic heterocycles. The summed E-state index contributed by atoms with van der Waals surface area (Å²) in [5.74, 6) is 1.71. The van der Waals surface area contributed by atoms with Crippen LogP contribution in [0.25, 0.3) is 0 Å². The van der Waals surface area contributed by atoms with E-state index in [-0.39, 0.29) is 0 Å². The molecular formula is C14H19N3. The molecule has 2 N–H and O–H groups in total. The van der Waals surface area contributed by atoms with Crippen LogP contribution in [0.4, 0.5) is 0 Å². The Morgan fingerprint density at radius 2 is 2.00 bits per heavy atom. The van der Waals surface area contributed by atoms with E-state index in [0.29, 0.717) is 0 Å². The number of rotatable bonds is 2. The van der Waals surface area contributed by atoms with Crippen LogP contribution in [-0.2, 0) is 12.8 Å². The van der Waals surface area contributed by atoms with Crippen LogP contribution in [0.15, 0.2) is 29.3 Å². The van der Waals surface area contributed by atoms with E-state index in [1.807, 2.05) is 0 Å². The van der Waals surface area contributed by atoms with Crippen molar-refractivity contribution in [2.24, 2.45) is 10.9 Å². The van der Waals surface area contributed by atoms with Gasteiger partial charge >= 0.3 is 0 Å². The number of aliphatic imine (C=N–C) groups is 1. The van der Waals surface area contributed by atoms with Gasteiger partial charge in [-0.1, -0.05) is 24.3 Å². The molecular weight excluding hydrogens is 210 g/mol. The van der Waals surface area contributed by atoms with Gasteiger partial charge in [0, 0.05) is 19.6 Å². The molecule has 3 rings (SSSR count). The van der Waals surface area contributed by atoms with Crippen LogP contribution in [0.1, 0.15) is 17.5 Å². The summed E-state index contributed by atoms with van der Waals surface area (Å²) in [5.41, 5.74) is 3.05. The first-order chi connectivity index (χ1) is 8.42. The number of benzene rings is 1. The van der Waals surface area contributed by atoms with E-state index in [2.05, 4.69) is 39.9 Å². The van der Waals surface area contributed by atoms with Gasteiger partial charge in [0.2, 0.25) is 0 Å². The zero-order chi connectivity index (χ0) is 11.5. The summed E-state index contributed by atoms with van der Waals surface area (Å²) < 4.78 is 0. The lowest BCUT2D eigenvalue weighted by molar-refractivity contribution is 0.538. The van der Waals surface area contributed by atoms with Gasteiger partial charge in [0.1, 0.15) is 0 Å². The largest absolute Gasteiger partial charge is 0.356 e. The van der Waals surface area contributed by atoms with E-state index >= 15 is 0 Å². The molecule has 0 atom stereocenters. The molecule has 1 aliphatic carbocycles. The molecule has 1 aromatic rings. The predicted octanol–water partition coefficient (Wildman–Crippen LogP) is 1.34. The Bertz CT molecular complexity index is 400. The first kappa shape index (κ1) is 10.6. The van der Waals surface area contributed by atoms with Crippen LogP contribution in [0.2, 0.25) is 0 Å². The average molecular weight is 229 g/mol. The lowest BCUT2D eigenvalue weighted by Crippen LogP contribution is -2.42. The van der Waals surface area contributed by atoms with Gasteiger partial charge in [0.05, 0.1) is 0 Å². The van der Waals surface area contributed by atoms with E-state index in [9.17, 15) is 0 Å². The smallest absolute Gasteiger partial charge is 0.191 e. The Morgan fingerprint density at radius 1 is 1.24 bits per heavy atom. The second kappa shape index (κ2) is 4.78. The molecule has 0 saturated carbocycles. The summed E-state index contributed by atoms with van der Waals surface area (Å²) in [6.07, 6.45) is 3.56. The number of nitrogens with one attached hydrogen (secondary N) is 2. The SMILES string of the molecule is c1ccc2c(c1)CC(CNC1=NCCCN1)C2. The Hall–Kier alpha value is -1.51. The van der Waals surface area contributed by atoms with Gasteiger partial charge in [-0.05, 0) is 36.3 Å². The molecule has 17 heavy (non-hydrogen) atoms. The van der Waals surface area contributed by atoms with Gasteiger partial charge in [0.15, 0.2) is 5.96 Å². The summed E-state index contributed by atoms with van der Waals surface area (Å²) in [7, 11) is 0. The molecule has 1 aliphatic heterocycles. The van der Waals surface area contributed by atoms with Gasteiger partial charge in [-0.2, -0.15) is 0 Å². The van der Waals surface area contributed by atoms with Crippen molar-refractivity contribution in [3.8, 4) is 0 Å². The fourth-order valence-corrected chi connectivity index (χ4v) is 2.69. The zero-order valence-electron chi connectivity index (χ0n) is 10.1. The third-order valence-electron chi connectivity index (χ3n) is 3.59. The number of nitrogens with zero attached hydrogens (tertiary/aromatic N) is 1. The van der Waals surface area contributed by atoms with Crippen LogP contribution >= 0.6 is 0 Å². The molecule has 0 amide bonds.